The number of carboxylic acids is 1. The summed E-state index contributed by atoms with van der Waals surface area (Å²) in [6.07, 6.45) is 2.16. The van der Waals surface area contributed by atoms with Crippen LogP contribution >= 0.6 is 0 Å². The van der Waals surface area contributed by atoms with Gasteiger partial charge in [0.2, 0.25) is 5.91 Å². The third kappa shape index (κ3) is 2.53. The van der Waals surface area contributed by atoms with Gasteiger partial charge in [0, 0.05) is 12.1 Å². The van der Waals surface area contributed by atoms with Gasteiger partial charge in [-0.15, -0.1) is 0 Å². The number of benzene rings is 1. The summed E-state index contributed by atoms with van der Waals surface area (Å²) in [5, 5.41) is 11.9. The van der Waals surface area contributed by atoms with Gasteiger partial charge in [0.1, 0.15) is 0 Å². The number of aliphatic carboxylic acids is 1. The highest BCUT2D eigenvalue weighted by molar-refractivity contribution is 5.94. The highest BCUT2D eigenvalue weighted by Gasteiger charge is 2.45. The van der Waals surface area contributed by atoms with E-state index in [0.29, 0.717) is 18.5 Å². The van der Waals surface area contributed by atoms with Crippen LogP contribution in [-0.4, -0.2) is 17.0 Å². The van der Waals surface area contributed by atoms with Gasteiger partial charge in [-0.25, -0.2) is 0 Å². The van der Waals surface area contributed by atoms with E-state index in [1.165, 1.54) is 0 Å². The number of amides is 1. The van der Waals surface area contributed by atoms with Crippen molar-refractivity contribution in [3.63, 3.8) is 0 Å². The maximum atomic E-state index is 11.8. The molecule has 1 amide bonds. The van der Waals surface area contributed by atoms with Crippen molar-refractivity contribution < 1.29 is 14.7 Å². The van der Waals surface area contributed by atoms with Crippen molar-refractivity contribution in [2.75, 3.05) is 5.32 Å². The molecule has 96 valence electrons. The first-order valence-corrected chi connectivity index (χ1v) is 6.12. The number of hydrogen-bond donors (Lipinski definition) is 2. The van der Waals surface area contributed by atoms with Gasteiger partial charge in [0.25, 0.3) is 0 Å². The SMILES string of the molecule is Cc1ccc(NC(=O)CC2(C(=O)O)CCC2)cc1. The van der Waals surface area contributed by atoms with Crippen molar-refractivity contribution in [2.45, 2.75) is 32.6 Å². The summed E-state index contributed by atoms with van der Waals surface area (Å²) < 4.78 is 0. The molecule has 0 heterocycles. The van der Waals surface area contributed by atoms with Gasteiger partial charge in [-0.05, 0) is 31.9 Å². The van der Waals surface area contributed by atoms with Crippen molar-refractivity contribution >= 4 is 17.6 Å². The molecule has 0 saturated heterocycles. The third-order valence-electron chi connectivity index (χ3n) is 3.60. The Hall–Kier alpha value is -1.84. The largest absolute Gasteiger partial charge is 0.481 e. The Balaban J connectivity index is 1.96. The van der Waals surface area contributed by atoms with Gasteiger partial charge < -0.3 is 10.4 Å². The molecule has 0 aliphatic heterocycles. The van der Waals surface area contributed by atoms with E-state index < -0.39 is 11.4 Å². The number of anilines is 1. The molecule has 4 heteroatoms. The highest BCUT2D eigenvalue weighted by atomic mass is 16.4. The minimum Gasteiger partial charge on any atom is -0.481 e. The van der Waals surface area contributed by atoms with Gasteiger partial charge in [-0.3, -0.25) is 9.59 Å². The fourth-order valence-corrected chi connectivity index (χ4v) is 2.22. The van der Waals surface area contributed by atoms with E-state index in [1.54, 1.807) is 0 Å². The Bertz CT molecular complexity index is 460. The smallest absolute Gasteiger partial charge is 0.310 e. The standard InChI is InChI=1S/C14H17NO3/c1-10-3-5-11(6-4-10)15-12(16)9-14(13(17)18)7-2-8-14/h3-6H,2,7-9H2,1H3,(H,15,16)(H,17,18). The van der Waals surface area contributed by atoms with Crippen LogP contribution in [0, 0.1) is 12.3 Å². The molecule has 0 bridgehead atoms. The number of aryl methyl sites for hydroxylation is 1. The Kier molecular flexibility index (Phi) is 3.36. The molecule has 0 radical (unpaired) electrons. The topological polar surface area (TPSA) is 66.4 Å². The average Bonchev–Trinajstić information content (AvgIpc) is 2.26. The van der Waals surface area contributed by atoms with E-state index in [9.17, 15) is 9.59 Å². The van der Waals surface area contributed by atoms with E-state index in [-0.39, 0.29) is 12.3 Å². The summed E-state index contributed by atoms with van der Waals surface area (Å²) in [5.74, 6) is -1.08. The van der Waals surface area contributed by atoms with E-state index in [1.807, 2.05) is 31.2 Å². The van der Waals surface area contributed by atoms with Gasteiger partial charge in [-0.2, -0.15) is 0 Å². The van der Waals surface area contributed by atoms with E-state index in [2.05, 4.69) is 5.32 Å². The molecule has 1 aromatic carbocycles. The summed E-state index contributed by atoms with van der Waals surface area (Å²) in [7, 11) is 0. The lowest BCUT2D eigenvalue weighted by Gasteiger charge is -2.36. The summed E-state index contributed by atoms with van der Waals surface area (Å²) >= 11 is 0. The van der Waals surface area contributed by atoms with Gasteiger partial charge >= 0.3 is 5.97 Å². The molecule has 1 fully saturated rings. The lowest BCUT2D eigenvalue weighted by molar-refractivity contribution is -0.157. The quantitative estimate of drug-likeness (QED) is 0.859. The second-order valence-corrected chi connectivity index (χ2v) is 5.03. The van der Waals surface area contributed by atoms with Crippen LogP contribution in [-0.2, 0) is 9.59 Å². The number of carboxylic acid groups (broad SMARTS) is 1. The van der Waals surface area contributed by atoms with Crippen LogP contribution in [0.1, 0.15) is 31.2 Å². The first-order valence-electron chi connectivity index (χ1n) is 6.12. The zero-order valence-electron chi connectivity index (χ0n) is 10.4. The monoisotopic (exact) mass is 247 g/mol. The van der Waals surface area contributed by atoms with Crippen LogP contribution in [0.2, 0.25) is 0 Å². The zero-order chi connectivity index (χ0) is 13.2. The second kappa shape index (κ2) is 4.80. The molecule has 1 aliphatic rings. The highest BCUT2D eigenvalue weighted by Crippen LogP contribution is 2.44. The first kappa shape index (κ1) is 12.6. The fraction of sp³-hybridized carbons (Fsp3) is 0.429. The number of carbonyl (C=O) groups excluding carboxylic acids is 1. The van der Waals surface area contributed by atoms with Crippen LogP contribution in [0.5, 0.6) is 0 Å². The maximum absolute atomic E-state index is 11.8. The molecule has 1 saturated carbocycles. The normalized spacial score (nSPS) is 16.7. The van der Waals surface area contributed by atoms with Crippen molar-refractivity contribution in [2.24, 2.45) is 5.41 Å². The maximum Gasteiger partial charge on any atom is 0.310 e. The lowest BCUT2D eigenvalue weighted by atomic mass is 9.66. The molecule has 4 nitrogen and oxygen atoms in total. The molecule has 0 spiro atoms. The Labute approximate surface area is 106 Å². The van der Waals surface area contributed by atoms with E-state index >= 15 is 0 Å². The summed E-state index contributed by atoms with van der Waals surface area (Å²) in [4.78, 5) is 23.0. The summed E-state index contributed by atoms with van der Waals surface area (Å²) in [6, 6.07) is 7.46. The summed E-state index contributed by atoms with van der Waals surface area (Å²) in [5.41, 5.74) is 1.01. The Morgan fingerprint density at radius 1 is 1.28 bits per heavy atom. The molecule has 2 N–H and O–H groups in total. The number of hydrogen-bond acceptors (Lipinski definition) is 2. The van der Waals surface area contributed by atoms with E-state index in [4.69, 9.17) is 5.11 Å². The molecular weight excluding hydrogens is 230 g/mol. The molecule has 18 heavy (non-hydrogen) atoms. The fourth-order valence-electron chi connectivity index (χ4n) is 2.22. The number of rotatable bonds is 4. The molecular formula is C14H17NO3. The van der Waals surface area contributed by atoms with Crippen molar-refractivity contribution in [1.82, 2.24) is 0 Å². The van der Waals surface area contributed by atoms with Gasteiger partial charge in [-0.1, -0.05) is 24.1 Å². The van der Waals surface area contributed by atoms with Crippen LogP contribution in [0.3, 0.4) is 0 Å². The molecule has 0 aromatic heterocycles. The predicted molar refractivity (Wildman–Crippen MR) is 68.3 cm³/mol. The number of carbonyl (C=O) groups is 2. The van der Waals surface area contributed by atoms with Crippen molar-refractivity contribution in [3.8, 4) is 0 Å². The third-order valence-corrected chi connectivity index (χ3v) is 3.60. The molecule has 2 rings (SSSR count). The lowest BCUT2D eigenvalue weighted by Crippen LogP contribution is -2.41. The molecule has 0 unspecified atom stereocenters. The van der Waals surface area contributed by atoms with Gasteiger partial charge in [0.15, 0.2) is 0 Å². The Morgan fingerprint density at radius 2 is 1.89 bits per heavy atom. The summed E-state index contributed by atoms with van der Waals surface area (Å²) in [6.45, 7) is 1.97. The minimum absolute atomic E-state index is 0.0657. The molecule has 1 aromatic rings. The van der Waals surface area contributed by atoms with Crippen LogP contribution in [0.15, 0.2) is 24.3 Å². The van der Waals surface area contributed by atoms with Gasteiger partial charge in [0.05, 0.1) is 5.41 Å². The predicted octanol–water partition coefficient (Wildman–Crippen LogP) is 2.58. The van der Waals surface area contributed by atoms with E-state index in [0.717, 1.165) is 12.0 Å². The second-order valence-electron chi connectivity index (χ2n) is 5.03. The molecule has 1 aliphatic carbocycles. The first-order chi connectivity index (χ1) is 8.52. The zero-order valence-corrected chi connectivity index (χ0v) is 10.4. The Morgan fingerprint density at radius 3 is 2.33 bits per heavy atom. The molecule has 0 atom stereocenters. The average molecular weight is 247 g/mol. The van der Waals surface area contributed by atoms with Crippen molar-refractivity contribution in [3.05, 3.63) is 29.8 Å². The van der Waals surface area contributed by atoms with Crippen LogP contribution in [0.25, 0.3) is 0 Å². The minimum atomic E-state index is -0.854. The van der Waals surface area contributed by atoms with Crippen LogP contribution < -0.4 is 5.32 Å². The van der Waals surface area contributed by atoms with Crippen LogP contribution in [0.4, 0.5) is 5.69 Å². The number of nitrogens with one attached hydrogen (secondary N) is 1. The van der Waals surface area contributed by atoms with Crippen molar-refractivity contribution in [1.29, 1.82) is 0 Å².